The first-order valence-electron chi connectivity index (χ1n) is 6.73. The van der Waals surface area contributed by atoms with Crippen LogP contribution in [0, 0.1) is 5.92 Å². The number of ketones is 1. The average Bonchev–Trinajstić information content (AvgIpc) is 2.47. The first-order valence-corrected chi connectivity index (χ1v) is 6.73. The Labute approximate surface area is 114 Å². The van der Waals surface area contributed by atoms with Crippen LogP contribution < -0.4 is 4.74 Å². The van der Waals surface area contributed by atoms with E-state index in [-0.39, 0.29) is 12.4 Å². The van der Waals surface area contributed by atoms with Crippen LogP contribution in [0.4, 0.5) is 0 Å². The summed E-state index contributed by atoms with van der Waals surface area (Å²) in [5.41, 5.74) is 0.686. The van der Waals surface area contributed by atoms with E-state index >= 15 is 0 Å². The van der Waals surface area contributed by atoms with Gasteiger partial charge in [-0.05, 0) is 37.4 Å². The summed E-state index contributed by atoms with van der Waals surface area (Å²) >= 11 is 0. The summed E-state index contributed by atoms with van der Waals surface area (Å²) in [5.74, 6) is 1.13. The van der Waals surface area contributed by atoms with Crippen LogP contribution in [-0.4, -0.2) is 49.1 Å². The zero-order chi connectivity index (χ0) is 13.7. The molecule has 0 spiro atoms. The van der Waals surface area contributed by atoms with Gasteiger partial charge in [0.15, 0.2) is 5.78 Å². The average molecular weight is 263 g/mol. The van der Waals surface area contributed by atoms with Gasteiger partial charge in [0, 0.05) is 18.7 Å². The molecule has 1 aliphatic heterocycles. The first kappa shape index (κ1) is 14.0. The van der Waals surface area contributed by atoms with Crippen molar-refractivity contribution in [2.75, 3.05) is 33.4 Å². The van der Waals surface area contributed by atoms with Gasteiger partial charge in [0.1, 0.15) is 5.75 Å². The van der Waals surface area contributed by atoms with Gasteiger partial charge in [-0.2, -0.15) is 0 Å². The molecule has 0 saturated carbocycles. The van der Waals surface area contributed by atoms with Crippen LogP contribution in [0.2, 0.25) is 0 Å². The van der Waals surface area contributed by atoms with Crippen LogP contribution in [-0.2, 0) is 0 Å². The van der Waals surface area contributed by atoms with Crippen LogP contribution in [0.1, 0.15) is 23.2 Å². The number of piperidine rings is 1. The summed E-state index contributed by atoms with van der Waals surface area (Å²) in [6.45, 7) is 2.38. The number of methoxy groups -OCH3 is 1. The van der Waals surface area contributed by atoms with Crippen LogP contribution in [0.5, 0.6) is 5.75 Å². The molecule has 0 radical (unpaired) electrons. The maximum Gasteiger partial charge on any atom is 0.176 e. The molecule has 1 N–H and O–H groups in total. The lowest BCUT2D eigenvalue weighted by atomic mass is 9.98. The largest absolute Gasteiger partial charge is 0.497 e. The molecule has 4 nitrogen and oxygen atoms in total. The molecule has 4 heteroatoms. The number of likely N-dealkylation sites (tertiary alicyclic amines) is 1. The minimum Gasteiger partial charge on any atom is -0.497 e. The molecule has 1 aromatic carbocycles. The fourth-order valence-electron chi connectivity index (χ4n) is 2.53. The molecule has 1 aliphatic rings. The highest BCUT2D eigenvalue weighted by atomic mass is 16.5. The highest BCUT2D eigenvalue weighted by Gasteiger charge is 2.21. The van der Waals surface area contributed by atoms with Gasteiger partial charge in [-0.25, -0.2) is 0 Å². The summed E-state index contributed by atoms with van der Waals surface area (Å²) in [6, 6.07) is 7.26. The Morgan fingerprint density at radius 1 is 1.53 bits per heavy atom. The summed E-state index contributed by atoms with van der Waals surface area (Å²) in [7, 11) is 1.60. The standard InChI is InChI=1S/C15H21NO3/c1-19-14-6-2-5-13(8-14)15(18)10-16-7-3-4-12(9-16)11-17/h2,5-6,8,12,17H,3-4,7,9-11H2,1H3. The van der Waals surface area contributed by atoms with Gasteiger partial charge in [-0.15, -0.1) is 0 Å². The Morgan fingerprint density at radius 3 is 3.11 bits per heavy atom. The summed E-state index contributed by atoms with van der Waals surface area (Å²) in [5, 5.41) is 9.20. The van der Waals surface area contributed by atoms with Crippen molar-refractivity contribution >= 4 is 5.78 Å². The van der Waals surface area contributed by atoms with Crippen molar-refractivity contribution < 1.29 is 14.6 Å². The van der Waals surface area contributed by atoms with E-state index in [1.807, 2.05) is 18.2 Å². The zero-order valence-corrected chi connectivity index (χ0v) is 11.3. The first-order chi connectivity index (χ1) is 9.22. The number of carbonyl (C=O) groups excluding carboxylic acids is 1. The van der Waals surface area contributed by atoms with E-state index in [1.54, 1.807) is 13.2 Å². The van der Waals surface area contributed by atoms with Gasteiger partial charge in [0.05, 0.1) is 13.7 Å². The molecule has 0 bridgehead atoms. The quantitative estimate of drug-likeness (QED) is 0.820. The molecule has 1 fully saturated rings. The molecule has 0 aliphatic carbocycles. The fourth-order valence-corrected chi connectivity index (χ4v) is 2.53. The van der Waals surface area contributed by atoms with Crippen molar-refractivity contribution in [2.24, 2.45) is 5.92 Å². The highest BCUT2D eigenvalue weighted by molar-refractivity contribution is 5.97. The highest BCUT2D eigenvalue weighted by Crippen LogP contribution is 2.17. The smallest absolute Gasteiger partial charge is 0.176 e. The number of Topliss-reactive ketones (excluding diaryl/α,β-unsaturated/α-hetero) is 1. The molecule has 0 amide bonds. The van der Waals surface area contributed by atoms with Crippen molar-refractivity contribution in [2.45, 2.75) is 12.8 Å². The molecule has 1 atom stereocenters. The number of benzene rings is 1. The minimum atomic E-state index is 0.109. The lowest BCUT2D eigenvalue weighted by Gasteiger charge is -2.31. The third kappa shape index (κ3) is 3.78. The maximum atomic E-state index is 12.2. The van der Waals surface area contributed by atoms with Gasteiger partial charge in [-0.3, -0.25) is 9.69 Å². The Kier molecular flexibility index (Phi) is 4.93. The van der Waals surface area contributed by atoms with Crippen molar-refractivity contribution in [1.29, 1.82) is 0 Å². The van der Waals surface area contributed by atoms with Crippen molar-refractivity contribution in [3.8, 4) is 5.75 Å². The summed E-state index contributed by atoms with van der Waals surface area (Å²) in [6.07, 6.45) is 2.11. The van der Waals surface area contributed by atoms with Crippen molar-refractivity contribution in [1.82, 2.24) is 4.90 Å². The second kappa shape index (κ2) is 6.68. The Morgan fingerprint density at radius 2 is 2.37 bits per heavy atom. The Balaban J connectivity index is 1.96. The van der Waals surface area contributed by atoms with Gasteiger partial charge in [-0.1, -0.05) is 12.1 Å². The number of nitrogens with zero attached hydrogens (tertiary/aromatic N) is 1. The second-order valence-corrected chi connectivity index (χ2v) is 5.08. The van der Waals surface area contributed by atoms with Crippen LogP contribution in [0.25, 0.3) is 0 Å². The molecule has 2 rings (SSSR count). The molecular weight excluding hydrogens is 242 g/mol. The van der Waals surface area contributed by atoms with Crippen LogP contribution in [0.3, 0.4) is 0 Å². The van der Waals surface area contributed by atoms with E-state index in [0.29, 0.717) is 23.8 Å². The Hall–Kier alpha value is -1.39. The number of aliphatic hydroxyl groups excluding tert-OH is 1. The van der Waals surface area contributed by atoms with Crippen LogP contribution in [0.15, 0.2) is 24.3 Å². The number of ether oxygens (including phenoxy) is 1. The normalized spacial score (nSPS) is 20.2. The fraction of sp³-hybridized carbons (Fsp3) is 0.533. The van der Waals surface area contributed by atoms with E-state index < -0.39 is 0 Å². The van der Waals surface area contributed by atoms with E-state index in [1.165, 1.54) is 0 Å². The van der Waals surface area contributed by atoms with E-state index in [2.05, 4.69) is 4.90 Å². The lowest BCUT2D eigenvalue weighted by Crippen LogP contribution is -2.39. The van der Waals surface area contributed by atoms with Crippen molar-refractivity contribution in [3.63, 3.8) is 0 Å². The van der Waals surface area contributed by atoms with Gasteiger partial charge in [0.2, 0.25) is 0 Å². The summed E-state index contributed by atoms with van der Waals surface area (Å²) in [4.78, 5) is 14.3. The molecular formula is C15H21NO3. The summed E-state index contributed by atoms with van der Waals surface area (Å²) < 4.78 is 5.13. The third-order valence-corrected chi connectivity index (χ3v) is 3.62. The maximum absolute atomic E-state index is 12.2. The number of aliphatic hydroxyl groups is 1. The predicted molar refractivity (Wildman–Crippen MR) is 73.6 cm³/mol. The van der Waals surface area contributed by atoms with E-state index in [4.69, 9.17) is 4.74 Å². The molecule has 1 aromatic rings. The number of carbonyl (C=O) groups is 1. The molecule has 104 valence electrons. The monoisotopic (exact) mass is 263 g/mol. The number of hydrogen-bond acceptors (Lipinski definition) is 4. The zero-order valence-electron chi connectivity index (χ0n) is 11.3. The topological polar surface area (TPSA) is 49.8 Å². The van der Waals surface area contributed by atoms with E-state index in [9.17, 15) is 9.90 Å². The lowest BCUT2D eigenvalue weighted by molar-refractivity contribution is 0.0833. The SMILES string of the molecule is COc1cccc(C(=O)CN2CCCC(CO)C2)c1. The molecule has 19 heavy (non-hydrogen) atoms. The molecule has 1 unspecified atom stereocenters. The van der Waals surface area contributed by atoms with Gasteiger partial charge in [0.25, 0.3) is 0 Å². The Bertz CT molecular complexity index is 433. The molecule has 1 heterocycles. The minimum absolute atomic E-state index is 0.109. The van der Waals surface area contributed by atoms with Gasteiger partial charge >= 0.3 is 0 Å². The second-order valence-electron chi connectivity index (χ2n) is 5.08. The van der Waals surface area contributed by atoms with Gasteiger partial charge < -0.3 is 9.84 Å². The predicted octanol–water partition coefficient (Wildman–Crippen LogP) is 1.58. The number of hydrogen-bond donors (Lipinski definition) is 1. The molecule has 0 aromatic heterocycles. The van der Waals surface area contributed by atoms with E-state index in [0.717, 1.165) is 25.9 Å². The third-order valence-electron chi connectivity index (χ3n) is 3.62. The van der Waals surface area contributed by atoms with Crippen LogP contribution >= 0.6 is 0 Å². The number of rotatable bonds is 5. The van der Waals surface area contributed by atoms with Crippen molar-refractivity contribution in [3.05, 3.63) is 29.8 Å². The molecule has 1 saturated heterocycles.